The summed E-state index contributed by atoms with van der Waals surface area (Å²) >= 11 is 1.58. The van der Waals surface area contributed by atoms with Crippen LogP contribution < -0.4 is 0 Å². The Bertz CT molecular complexity index is 448. The number of sulfonamides is 1. The molecule has 0 radical (unpaired) electrons. The first-order valence-corrected chi connectivity index (χ1v) is 11.0. The number of rotatable bonds is 12. The van der Waals surface area contributed by atoms with E-state index in [4.69, 9.17) is 9.47 Å². The summed E-state index contributed by atoms with van der Waals surface area (Å²) in [6.07, 6.45) is 3.04. The van der Waals surface area contributed by atoms with E-state index in [1.54, 1.807) is 11.8 Å². The Morgan fingerprint density at radius 1 is 1.05 bits per heavy atom. The number of likely N-dealkylation sites (N-methyl/N-ethyl adjacent to an activating group) is 1. The highest BCUT2D eigenvalue weighted by atomic mass is 32.2. The molecule has 0 unspecified atom stereocenters. The van der Waals surface area contributed by atoms with E-state index in [2.05, 4.69) is 0 Å². The molecule has 0 aromatic carbocycles. The first-order valence-electron chi connectivity index (χ1n) is 5.95. The lowest BCUT2D eigenvalue weighted by atomic mass is 10.7. The summed E-state index contributed by atoms with van der Waals surface area (Å²) in [5, 5.41) is 0. The number of sulfone groups is 1. The van der Waals surface area contributed by atoms with Crippen LogP contribution in [0.2, 0.25) is 0 Å². The van der Waals surface area contributed by atoms with Crippen molar-refractivity contribution in [1.82, 2.24) is 4.31 Å². The van der Waals surface area contributed by atoms with Crippen molar-refractivity contribution in [3.8, 4) is 0 Å². The van der Waals surface area contributed by atoms with Gasteiger partial charge in [0.2, 0.25) is 10.0 Å². The molecular weight excluding hydrogens is 326 g/mol. The summed E-state index contributed by atoms with van der Waals surface area (Å²) in [5.74, 6) is 0.322. The van der Waals surface area contributed by atoms with Gasteiger partial charge in [0.1, 0.15) is 9.84 Å². The Hall–Kier alpha value is 0.130. The minimum atomic E-state index is -3.45. The van der Waals surface area contributed by atoms with E-state index in [0.29, 0.717) is 6.61 Å². The van der Waals surface area contributed by atoms with Crippen LogP contribution in [0.15, 0.2) is 0 Å². The second-order valence-electron chi connectivity index (χ2n) is 4.19. The average molecular weight is 349 g/mol. The standard InChI is InChI=1S/C10H23NO6S3/c1-11(4-5-16-7-9-19(3,12)13)20(14,15)10-17-6-8-18-2/h4-10H2,1-3H3. The SMILES string of the molecule is CSCCOCS(=O)(=O)N(C)CCOCCS(C)(=O)=O. The predicted molar refractivity (Wildman–Crippen MR) is 81.3 cm³/mol. The monoisotopic (exact) mass is 349 g/mol. The van der Waals surface area contributed by atoms with E-state index in [1.807, 2.05) is 6.26 Å². The van der Waals surface area contributed by atoms with Crippen LogP contribution in [-0.2, 0) is 29.3 Å². The minimum absolute atomic E-state index is 0.0664. The second-order valence-corrected chi connectivity index (χ2v) is 9.46. The Morgan fingerprint density at radius 3 is 2.25 bits per heavy atom. The van der Waals surface area contributed by atoms with Gasteiger partial charge in [-0.2, -0.15) is 11.8 Å². The van der Waals surface area contributed by atoms with E-state index in [9.17, 15) is 16.8 Å². The molecule has 10 heteroatoms. The van der Waals surface area contributed by atoms with E-state index < -0.39 is 19.9 Å². The van der Waals surface area contributed by atoms with E-state index in [1.165, 1.54) is 7.05 Å². The first-order chi connectivity index (χ1) is 9.19. The molecule has 0 spiro atoms. The quantitative estimate of drug-likeness (QED) is 0.445. The molecular formula is C10H23NO6S3. The van der Waals surface area contributed by atoms with Gasteiger partial charge in [-0.3, -0.25) is 0 Å². The lowest BCUT2D eigenvalue weighted by Crippen LogP contribution is -2.33. The Morgan fingerprint density at radius 2 is 1.70 bits per heavy atom. The van der Waals surface area contributed by atoms with Gasteiger partial charge in [0.15, 0.2) is 5.94 Å². The smallest absolute Gasteiger partial charge is 0.238 e. The molecule has 0 aliphatic heterocycles. The van der Waals surface area contributed by atoms with Crippen LogP contribution in [0.3, 0.4) is 0 Å². The molecule has 0 atom stereocenters. The molecule has 0 saturated carbocycles. The van der Waals surface area contributed by atoms with Gasteiger partial charge < -0.3 is 9.47 Å². The van der Waals surface area contributed by atoms with Crippen molar-refractivity contribution in [3.05, 3.63) is 0 Å². The Kier molecular flexibility index (Phi) is 10.0. The fourth-order valence-corrected chi connectivity index (χ4v) is 2.61. The maximum Gasteiger partial charge on any atom is 0.238 e. The highest BCUT2D eigenvalue weighted by molar-refractivity contribution is 7.98. The van der Waals surface area contributed by atoms with Crippen molar-refractivity contribution < 1.29 is 26.3 Å². The maximum atomic E-state index is 11.8. The molecule has 0 aliphatic carbocycles. The summed E-state index contributed by atoms with van der Waals surface area (Å²) in [5.41, 5.74) is 0. The van der Waals surface area contributed by atoms with Gasteiger partial charge in [0.05, 0.1) is 25.6 Å². The van der Waals surface area contributed by atoms with Crippen molar-refractivity contribution in [2.75, 3.05) is 63.4 Å². The normalized spacial score (nSPS) is 13.0. The summed E-state index contributed by atoms with van der Waals surface area (Å²) in [4.78, 5) is 0. The topological polar surface area (TPSA) is 90.0 Å². The zero-order chi connectivity index (χ0) is 15.6. The van der Waals surface area contributed by atoms with Crippen LogP contribution in [0.25, 0.3) is 0 Å². The number of hydrogen-bond acceptors (Lipinski definition) is 7. The maximum absolute atomic E-state index is 11.8. The van der Waals surface area contributed by atoms with Gasteiger partial charge in [-0.25, -0.2) is 21.1 Å². The number of nitrogens with zero attached hydrogens (tertiary/aromatic N) is 1. The fraction of sp³-hybridized carbons (Fsp3) is 1.00. The molecule has 0 saturated heterocycles. The summed E-state index contributed by atoms with van der Waals surface area (Å²) in [6, 6.07) is 0. The van der Waals surface area contributed by atoms with Crippen LogP contribution in [0.1, 0.15) is 0 Å². The van der Waals surface area contributed by atoms with Gasteiger partial charge in [0, 0.05) is 25.6 Å². The summed E-state index contributed by atoms with van der Waals surface area (Å²) in [6.45, 7) is 0.768. The molecule has 0 fully saturated rings. The summed E-state index contributed by atoms with van der Waals surface area (Å²) in [7, 11) is -5.06. The molecule has 7 nitrogen and oxygen atoms in total. The Labute approximate surface area is 126 Å². The number of ether oxygens (including phenoxy) is 2. The molecule has 122 valence electrons. The molecule has 0 heterocycles. The van der Waals surface area contributed by atoms with E-state index >= 15 is 0 Å². The number of thioether (sulfide) groups is 1. The molecule has 0 rings (SSSR count). The molecule has 20 heavy (non-hydrogen) atoms. The predicted octanol–water partition coefficient (Wildman–Crippen LogP) is -0.354. The van der Waals surface area contributed by atoms with Crippen LogP contribution in [0.5, 0.6) is 0 Å². The van der Waals surface area contributed by atoms with Gasteiger partial charge in [0.25, 0.3) is 0 Å². The van der Waals surface area contributed by atoms with Crippen molar-refractivity contribution in [3.63, 3.8) is 0 Å². The lowest BCUT2D eigenvalue weighted by molar-refractivity contribution is 0.137. The van der Waals surface area contributed by atoms with Crippen LogP contribution in [0, 0.1) is 0 Å². The lowest BCUT2D eigenvalue weighted by Gasteiger charge is -2.17. The molecule has 0 amide bonds. The van der Waals surface area contributed by atoms with Crippen LogP contribution >= 0.6 is 11.8 Å². The molecule has 0 aromatic heterocycles. The molecule has 0 aliphatic rings. The molecule has 0 bridgehead atoms. The zero-order valence-corrected chi connectivity index (χ0v) is 14.5. The van der Waals surface area contributed by atoms with Crippen LogP contribution in [-0.4, -0.2) is 84.5 Å². The minimum Gasteiger partial charge on any atom is -0.379 e. The third-order valence-electron chi connectivity index (χ3n) is 2.29. The average Bonchev–Trinajstić information content (AvgIpc) is 2.32. The van der Waals surface area contributed by atoms with Crippen molar-refractivity contribution >= 4 is 31.6 Å². The molecule has 0 N–H and O–H groups in total. The molecule has 0 aromatic rings. The largest absolute Gasteiger partial charge is 0.379 e. The van der Waals surface area contributed by atoms with E-state index in [-0.39, 0.29) is 31.5 Å². The first kappa shape index (κ1) is 20.1. The van der Waals surface area contributed by atoms with Gasteiger partial charge in [-0.15, -0.1) is 0 Å². The van der Waals surface area contributed by atoms with Crippen molar-refractivity contribution in [1.29, 1.82) is 0 Å². The second kappa shape index (κ2) is 9.96. The number of hydrogen-bond donors (Lipinski definition) is 0. The van der Waals surface area contributed by atoms with Gasteiger partial charge in [-0.05, 0) is 6.26 Å². The Balaban J connectivity index is 3.86. The zero-order valence-electron chi connectivity index (χ0n) is 12.1. The van der Waals surface area contributed by atoms with E-state index in [0.717, 1.165) is 16.3 Å². The third kappa shape index (κ3) is 10.9. The highest BCUT2D eigenvalue weighted by Crippen LogP contribution is 2.00. The van der Waals surface area contributed by atoms with Crippen molar-refractivity contribution in [2.24, 2.45) is 0 Å². The third-order valence-corrected chi connectivity index (χ3v) is 5.37. The summed E-state index contributed by atoms with van der Waals surface area (Å²) < 4.78 is 56.5. The van der Waals surface area contributed by atoms with Crippen molar-refractivity contribution in [2.45, 2.75) is 0 Å². The van der Waals surface area contributed by atoms with Gasteiger partial charge in [-0.1, -0.05) is 0 Å². The highest BCUT2D eigenvalue weighted by Gasteiger charge is 2.17. The van der Waals surface area contributed by atoms with Gasteiger partial charge >= 0.3 is 0 Å². The fourth-order valence-electron chi connectivity index (χ4n) is 1.04. The van der Waals surface area contributed by atoms with Crippen LogP contribution in [0.4, 0.5) is 0 Å².